The zero-order chi connectivity index (χ0) is 24.0. The summed E-state index contributed by atoms with van der Waals surface area (Å²) in [6, 6.07) is 11.3. The molecule has 1 saturated heterocycles. The fourth-order valence-electron chi connectivity index (χ4n) is 4.11. The second-order valence-corrected chi connectivity index (χ2v) is 9.39. The molecule has 4 rings (SSSR count). The van der Waals surface area contributed by atoms with Crippen LogP contribution >= 0.6 is 0 Å². The highest BCUT2D eigenvalue weighted by Crippen LogP contribution is 2.38. The van der Waals surface area contributed by atoms with Gasteiger partial charge in [0.25, 0.3) is 5.92 Å². The minimum atomic E-state index is -2.74. The van der Waals surface area contributed by atoms with Crippen molar-refractivity contribution in [2.75, 3.05) is 18.0 Å². The van der Waals surface area contributed by atoms with Gasteiger partial charge in [0.15, 0.2) is 11.8 Å². The summed E-state index contributed by atoms with van der Waals surface area (Å²) in [7, 11) is 0. The Morgan fingerprint density at radius 3 is 2.39 bits per heavy atom. The number of hydrogen-bond acceptors (Lipinski definition) is 5. The number of nitrogens with zero attached hydrogens (tertiary/aromatic N) is 4. The molecule has 0 amide bonds. The van der Waals surface area contributed by atoms with Gasteiger partial charge in [0.05, 0.1) is 16.9 Å². The van der Waals surface area contributed by atoms with Gasteiger partial charge in [-0.05, 0) is 27.7 Å². The first-order chi connectivity index (χ1) is 15.5. The summed E-state index contributed by atoms with van der Waals surface area (Å²) >= 11 is 0. The number of aromatic nitrogens is 3. The Morgan fingerprint density at radius 2 is 1.82 bits per heavy atom. The molecule has 0 saturated carbocycles. The van der Waals surface area contributed by atoms with Crippen LogP contribution < -0.4 is 4.90 Å². The molecule has 1 aromatic carbocycles. The van der Waals surface area contributed by atoms with Crippen LogP contribution in [0.1, 0.15) is 51.0 Å². The van der Waals surface area contributed by atoms with E-state index in [4.69, 9.17) is 9.84 Å². The highest BCUT2D eigenvalue weighted by Gasteiger charge is 2.39. The van der Waals surface area contributed by atoms with E-state index in [1.165, 1.54) is 0 Å². The maximum Gasteiger partial charge on any atom is 0.337 e. The molecular formula is C24H28F2N4O3. The molecule has 0 radical (unpaired) electrons. The maximum absolute atomic E-state index is 13.9. The third-order valence-electron chi connectivity index (χ3n) is 5.63. The van der Waals surface area contributed by atoms with E-state index in [9.17, 15) is 18.7 Å². The molecule has 1 aliphatic rings. The summed E-state index contributed by atoms with van der Waals surface area (Å²) in [6.07, 6.45) is -1.97. The monoisotopic (exact) mass is 458 g/mol. The number of carbonyl (C=O) groups is 1. The second kappa shape index (κ2) is 8.37. The van der Waals surface area contributed by atoms with Crippen molar-refractivity contribution in [1.82, 2.24) is 14.6 Å². The Balaban J connectivity index is 1.94. The molecule has 3 heterocycles. The van der Waals surface area contributed by atoms with Gasteiger partial charge < -0.3 is 14.7 Å². The molecule has 1 aliphatic heterocycles. The van der Waals surface area contributed by atoms with Crippen LogP contribution in [0.5, 0.6) is 0 Å². The number of alkyl halides is 2. The lowest BCUT2D eigenvalue weighted by Crippen LogP contribution is -2.41. The number of piperidine rings is 1. The van der Waals surface area contributed by atoms with Crippen molar-refractivity contribution < 1.29 is 23.4 Å². The Labute approximate surface area is 191 Å². The van der Waals surface area contributed by atoms with Gasteiger partial charge in [-0.25, -0.2) is 18.6 Å². The van der Waals surface area contributed by atoms with Crippen molar-refractivity contribution in [2.24, 2.45) is 0 Å². The summed E-state index contributed by atoms with van der Waals surface area (Å²) < 4.78 is 35.4. The van der Waals surface area contributed by atoms with Crippen LogP contribution in [-0.2, 0) is 9.53 Å². The highest BCUT2D eigenvalue weighted by molar-refractivity contribution is 5.79. The maximum atomic E-state index is 13.9. The van der Waals surface area contributed by atoms with E-state index >= 15 is 0 Å². The molecule has 176 valence electrons. The number of carboxylic acid groups (broad SMARTS) is 1. The molecular weight excluding hydrogens is 430 g/mol. The predicted octanol–water partition coefficient (Wildman–Crippen LogP) is 4.88. The number of carboxylic acids is 1. The molecule has 7 nitrogen and oxygen atoms in total. The lowest BCUT2D eigenvalue weighted by Gasteiger charge is -2.36. The van der Waals surface area contributed by atoms with Crippen molar-refractivity contribution >= 4 is 17.4 Å². The topological polar surface area (TPSA) is 80.0 Å². The molecule has 1 N–H and O–H groups in total. The van der Waals surface area contributed by atoms with E-state index in [0.717, 1.165) is 5.56 Å². The van der Waals surface area contributed by atoms with Gasteiger partial charge in [0.2, 0.25) is 0 Å². The van der Waals surface area contributed by atoms with Crippen LogP contribution in [0.3, 0.4) is 0 Å². The van der Waals surface area contributed by atoms with Crippen LogP contribution in [0.15, 0.2) is 36.4 Å². The highest BCUT2D eigenvalue weighted by atomic mass is 19.3. The van der Waals surface area contributed by atoms with Gasteiger partial charge in [-0.1, -0.05) is 30.3 Å². The molecule has 33 heavy (non-hydrogen) atoms. The smallest absolute Gasteiger partial charge is 0.337 e. The van der Waals surface area contributed by atoms with Gasteiger partial charge in [-0.2, -0.15) is 9.61 Å². The van der Waals surface area contributed by atoms with Crippen molar-refractivity contribution in [3.05, 3.63) is 47.7 Å². The fourth-order valence-corrected chi connectivity index (χ4v) is 4.11. The molecule has 1 fully saturated rings. The first-order valence-electron chi connectivity index (χ1n) is 10.9. The number of aliphatic carboxylic acids is 1. The van der Waals surface area contributed by atoms with Crippen LogP contribution in [0.25, 0.3) is 16.9 Å². The summed E-state index contributed by atoms with van der Waals surface area (Å²) in [5, 5.41) is 14.8. The van der Waals surface area contributed by atoms with E-state index in [1.807, 2.05) is 36.4 Å². The summed E-state index contributed by atoms with van der Waals surface area (Å²) in [5.41, 5.74) is 2.09. The minimum Gasteiger partial charge on any atom is -0.479 e. The number of ether oxygens (including phenoxy) is 1. The number of halogens is 2. The predicted molar refractivity (Wildman–Crippen MR) is 121 cm³/mol. The van der Waals surface area contributed by atoms with Gasteiger partial charge in [0.1, 0.15) is 5.82 Å². The van der Waals surface area contributed by atoms with E-state index < -0.39 is 23.6 Å². The number of anilines is 1. The zero-order valence-corrected chi connectivity index (χ0v) is 19.2. The lowest BCUT2D eigenvalue weighted by atomic mass is 10.0. The van der Waals surface area contributed by atoms with Crippen molar-refractivity contribution in [3.63, 3.8) is 0 Å². The van der Waals surface area contributed by atoms with Gasteiger partial charge >= 0.3 is 5.97 Å². The SMILES string of the molecule is Cc1nc2cc(-c3ccccc3)nn2c(N2CCC(F)(F)CC2)c1C(OC(C)(C)C)C(=O)O. The van der Waals surface area contributed by atoms with E-state index in [-0.39, 0.29) is 25.9 Å². The van der Waals surface area contributed by atoms with Crippen molar-refractivity contribution in [3.8, 4) is 11.3 Å². The molecule has 1 unspecified atom stereocenters. The largest absolute Gasteiger partial charge is 0.479 e. The van der Waals surface area contributed by atoms with E-state index in [2.05, 4.69) is 4.98 Å². The normalized spacial score (nSPS) is 17.3. The van der Waals surface area contributed by atoms with E-state index in [0.29, 0.717) is 28.4 Å². The first kappa shape index (κ1) is 23.1. The molecule has 9 heteroatoms. The Morgan fingerprint density at radius 1 is 1.18 bits per heavy atom. The van der Waals surface area contributed by atoms with Crippen molar-refractivity contribution in [2.45, 2.75) is 58.2 Å². The zero-order valence-electron chi connectivity index (χ0n) is 19.2. The number of aryl methyl sites for hydroxylation is 1. The number of hydrogen-bond donors (Lipinski definition) is 1. The third-order valence-corrected chi connectivity index (χ3v) is 5.63. The Bertz CT molecular complexity index is 1160. The van der Waals surface area contributed by atoms with E-state index in [1.54, 1.807) is 37.1 Å². The van der Waals surface area contributed by atoms with Crippen LogP contribution in [0.2, 0.25) is 0 Å². The Kier molecular flexibility index (Phi) is 5.86. The summed E-state index contributed by atoms with van der Waals surface area (Å²) in [5.74, 6) is -3.48. The van der Waals surface area contributed by atoms with Crippen LogP contribution in [0.4, 0.5) is 14.6 Å². The number of benzene rings is 1. The van der Waals surface area contributed by atoms with Gasteiger partial charge in [-0.15, -0.1) is 0 Å². The van der Waals surface area contributed by atoms with Crippen LogP contribution in [-0.4, -0.2) is 50.3 Å². The van der Waals surface area contributed by atoms with Crippen molar-refractivity contribution in [1.29, 1.82) is 0 Å². The molecule has 0 bridgehead atoms. The quantitative estimate of drug-likeness (QED) is 0.587. The third kappa shape index (κ3) is 4.83. The molecule has 3 aromatic rings. The number of fused-ring (bicyclic) bond motifs is 1. The van der Waals surface area contributed by atoms with Gasteiger partial charge in [-0.3, -0.25) is 0 Å². The second-order valence-electron chi connectivity index (χ2n) is 9.39. The fraction of sp³-hybridized carbons (Fsp3) is 0.458. The van der Waals surface area contributed by atoms with Crippen LogP contribution in [0, 0.1) is 6.92 Å². The molecule has 0 spiro atoms. The Hall–Kier alpha value is -3.07. The molecule has 2 aromatic heterocycles. The average Bonchev–Trinajstić information content (AvgIpc) is 3.15. The number of rotatable bonds is 5. The van der Waals surface area contributed by atoms with Gasteiger partial charge in [0, 0.05) is 43.3 Å². The lowest BCUT2D eigenvalue weighted by molar-refractivity contribution is -0.160. The summed E-state index contributed by atoms with van der Waals surface area (Å²) in [4.78, 5) is 18.7. The standard InChI is InChI=1S/C24H28F2N4O3/c1-15-19(20(22(31)32)33-23(2,3)4)21(29-12-10-24(25,26)11-13-29)30-18(27-15)14-17(28-30)16-8-6-5-7-9-16/h5-9,14,20H,10-13H2,1-4H3,(H,31,32). The average molecular weight is 459 g/mol. The first-order valence-corrected chi connectivity index (χ1v) is 10.9. The summed E-state index contributed by atoms with van der Waals surface area (Å²) in [6.45, 7) is 7.17. The minimum absolute atomic E-state index is 0.0704. The molecule has 0 aliphatic carbocycles. The molecule has 1 atom stereocenters.